The Bertz CT molecular complexity index is 380. The van der Waals surface area contributed by atoms with Gasteiger partial charge in [-0.1, -0.05) is 0 Å². The second-order valence-corrected chi connectivity index (χ2v) is 2.53. The fourth-order valence-corrected chi connectivity index (χ4v) is 1.14. The van der Waals surface area contributed by atoms with Gasteiger partial charge in [0.05, 0.1) is 12.4 Å². The summed E-state index contributed by atoms with van der Waals surface area (Å²) < 4.78 is 1.82. The van der Waals surface area contributed by atoms with Crippen LogP contribution in [0, 0.1) is 0 Å². The van der Waals surface area contributed by atoms with Gasteiger partial charge in [0.2, 0.25) is 0 Å². The molecule has 0 fully saturated rings. The third kappa shape index (κ3) is 1.40. The predicted octanol–water partition coefficient (Wildman–Crippen LogP) is 0.755. The van der Waals surface area contributed by atoms with Crippen molar-refractivity contribution in [1.29, 1.82) is 0 Å². The Kier molecular flexibility index (Phi) is 1.99. The van der Waals surface area contributed by atoms with Crippen LogP contribution in [-0.2, 0) is 6.54 Å². The highest BCUT2D eigenvalue weighted by atomic mass is 15.3. The molecule has 2 heterocycles. The lowest BCUT2D eigenvalue weighted by Crippen LogP contribution is -1.99. The molecule has 0 atom stereocenters. The van der Waals surface area contributed by atoms with Crippen LogP contribution in [0.1, 0.15) is 6.92 Å². The molecule has 0 aliphatic rings. The van der Waals surface area contributed by atoms with Gasteiger partial charge in [0.1, 0.15) is 6.33 Å². The number of rotatable bonds is 2. The van der Waals surface area contributed by atoms with Crippen molar-refractivity contribution in [2.75, 3.05) is 0 Å². The standard InChI is InChI=1S/C8H9N5/c1-2-13-8(9-6-12-13)7-3-4-10-11-5-7/h3-6H,2H2,1H3. The molecule has 0 saturated carbocycles. The lowest BCUT2D eigenvalue weighted by Gasteiger charge is -2.00. The average molecular weight is 175 g/mol. The lowest BCUT2D eigenvalue weighted by molar-refractivity contribution is 0.665. The minimum absolute atomic E-state index is 0.803. The molecule has 0 bridgehead atoms. The lowest BCUT2D eigenvalue weighted by atomic mass is 10.3. The van der Waals surface area contributed by atoms with Crippen LogP contribution < -0.4 is 0 Å². The average Bonchev–Trinajstić information content (AvgIpc) is 2.67. The van der Waals surface area contributed by atoms with Crippen LogP contribution in [0.2, 0.25) is 0 Å². The molecule has 0 spiro atoms. The van der Waals surface area contributed by atoms with Gasteiger partial charge in [0.25, 0.3) is 0 Å². The highest BCUT2D eigenvalue weighted by Crippen LogP contribution is 2.12. The Balaban J connectivity index is 2.47. The summed E-state index contributed by atoms with van der Waals surface area (Å²) in [5.41, 5.74) is 0.939. The maximum atomic E-state index is 4.14. The molecule has 2 rings (SSSR count). The molecule has 0 unspecified atom stereocenters. The molecule has 5 heteroatoms. The SMILES string of the molecule is CCn1ncnc1-c1ccnnc1. The summed E-state index contributed by atoms with van der Waals surface area (Å²) >= 11 is 0. The van der Waals surface area contributed by atoms with Crippen molar-refractivity contribution in [3.63, 3.8) is 0 Å². The van der Waals surface area contributed by atoms with Crippen LogP contribution in [0.25, 0.3) is 11.4 Å². The molecule has 0 N–H and O–H groups in total. The molecule has 2 aromatic heterocycles. The first-order valence-corrected chi connectivity index (χ1v) is 4.06. The van der Waals surface area contributed by atoms with E-state index in [-0.39, 0.29) is 0 Å². The molecule has 0 aliphatic heterocycles. The Hall–Kier alpha value is -1.78. The minimum atomic E-state index is 0.803. The fraction of sp³-hybridized carbons (Fsp3) is 0.250. The number of nitrogens with zero attached hydrogens (tertiary/aromatic N) is 5. The third-order valence-electron chi connectivity index (χ3n) is 1.76. The van der Waals surface area contributed by atoms with Gasteiger partial charge >= 0.3 is 0 Å². The van der Waals surface area contributed by atoms with Gasteiger partial charge in [-0.25, -0.2) is 9.67 Å². The van der Waals surface area contributed by atoms with Gasteiger partial charge in [-0.05, 0) is 13.0 Å². The first-order valence-electron chi connectivity index (χ1n) is 4.06. The summed E-state index contributed by atoms with van der Waals surface area (Å²) in [4.78, 5) is 4.14. The fourth-order valence-electron chi connectivity index (χ4n) is 1.14. The summed E-state index contributed by atoms with van der Waals surface area (Å²) in [7, 11) is 0. The Labute approximate surface area is 75.5 Å². The van der Waals surface area contributed by atoms with E-state index in [1.165, 1.54) is 0 Å². The van der Waals surface area contributed by atoms with E-state index in [0.29, 0.717) is 0 Å². The van der Waals surface area contributed by atoms with Gasteiger partial charge < -0.3 is 0 Å². The molecule has 5 nitrogen and oxygen atoms in total. The van der Waals surface area contributed by atoms with E-state index < -0.39 is 0 Å². The van der Waals surface area contributed by atoms with Gasteiger partial charge in [-0.3, -0.25) is 0 Å². The third-order valence-corrected chi connectivity index (χ3v) is 1.76. The quantitative estimate of drug-likeness (QED) is 0.676. The van der Waals surface area contributed by atoms with Crippen LogP contribution >= 0.6 is 0 Å². The van der Waals surface area contributed by atoms with Crippen LogP contribution in [0.3, 0.4) is 0 Å². The van der Waals surface area contributed by atoms with Gasteiger partial charge in [0, 0.05) is 12.1 Å². The highest BCUT2D eigenvalue weighted by molar-refractivity contribution is 5.52. The van der Waals surface area contributed by atoms with Crippen LogP contribution in [-0.4, -0.2) is 25.0 Å². The number of hydrogen-bond donors (Lipinski definition) is 0. The Morgan fingerprint density at radius 1 is 1.38 bits per heavy atom. The zero-order valence-corrected chi connectivity index (χ0v) is 7.25. The van der Waals surface area contributed by atoms with Crippen molar-refractivity contribution in [3.05, 3.63) is 24.8 Å². The van der Waals surface area contributed by atoms with E-state index in [4.69, 9.17) is 0 Å². The van der Waals surface area contributed by atoms with Crippen molar-refractivity contribution in [2.24, 2.45) is 0 Å². The minimum Gasteiger partial charge on any atom is -0.246 e. The summed E-state index contributed by atoms with van der Waals surface area (Å²) in [6.45, 7) is 2.82. The molecule has 2 aromatic rings. The van der Waals surface area contributed by atoms with E-state index >= 15 is 0 Å². The molecule has 0 radical (unpaired) electrons. The molecule has 0 aromatic carbocycles. The molecule has 13 heavy (non-hydrogen) atoms. The summed E-state index contributed by atoms with van der Waals surface area (Å²) in [5.74, 6) is 0.831. The maximum absolute atomic E-state index is 4.14. The predicted molar refractivity (Wildman–Crippen MR) is 46.7 cm³/mol. The first-order chi connectivity index (χ1) is 6.42. The van der Waals surface area contributed by atoms with Crippen LogP contribution in [0.5, 0.6) is 0 Å². The largest absolute Gasteiger partial charge is 0.246 e. The number of aromatic nitrogens is 5. The zero-order valence-electron chi connectivity index (χ0n) is 7.25. The Morgan fingerprint density at radius 3 is 3.00 bits per heavy atom. The van der Waals surface area contributed by atoms with E-state index in [0.717, 1.165) is 17.9 Å². The van der Waals surface area contributed by atoms with Crippen LogP contribution in [0.4, 0.5) is 0 Å². The highest BCUT2D eigenvalue weighted by Gasteiger charge is 2.04. The van der Waals surface area contributed by atoms with Crippen molar-refractivity contribution >= 4 is 0 Å². The zero-order chi connectivity index (χ0) is 9.10. The van der Waals surface area contributed by atoms with Gasteiger partial charge in [-0.2, -0.15) is 15.3 Å². The molecule has 0 saturated heterocycles. The van der Waals surface area contributed by atoms with E-state index in [1.807, 2.05) is 17.7 Å². The molecule has 66 valence electrons. The van der Waals surface area contributed by atoms with Crippen LogP contribution in [0.15, 0.2) is 24.8 Å². The van der Waals surface area contributed by atoms with E-state index in [2.05, 4.69) is 20.3 Å². The summed E-state index contributed by atoms with van der Waals surface area (Å²) in [6, 6.07) is 1.86. The van der Waals surface area contributed by atoms with Gasteiger partial charge in [0.15, 0.2) is 5.82 Å². The van der Waals surface area contributed by atoms with Crippen molar-refractivity contribution < 1.29 is 0 Å². The molecular weight excluding hydrogens is 166 g/mol. The number of aryl methyl sites for hydroxylation is 1. The summed E-state index contributed by atoms with van der Waals surface area (Å²) in [6.07, 6.45) is 4.86. The maximum Gasteiger partial charge on any atom is 0.159 e. The monoisotopic (exact) mass is 175 g/mol. The second-order valence-electron chi connectivity index (χ2n) is 2.53. The summed E-state index contributed by atoms with van der Waals surface area (Å²) in [5, 5.41) is 11.6. The van der Waals surface area contributed by atoms with E-state index in [1.54, 1.807) is 18.7 Å². The topological polar surface area (TPSA) is 56.5 Å². The molecule has 0 aliphatic carbocycles. The van der Waals surface area contributed by atoms with Gasteiger partial charge in [-0.15, -0.1) is 0 Å². The van der Waals surface area contributed by atoms with Crippen molar-refractivity contribution in [1.82, 2.24) is 25.0 Å². The Morgan fingerprint density at radius 2 is 2.31 bits per heavy atom. The van der Waals surface area contributed by atoms with Crippen molar-refractivity contribution in [3.8, 4) is 11.4 Å². The number of hydrogen-bond acceptors (Lipinski definition) is 4. The smallest absolute Gasteiger partial charge is 0.159 e. The molecule has 0 amide bonds. The van der Waals surface area contributed by atoms with E-state index in [9.17, 15) is 0 Å². The first kappa shape index (κ1) is 7.85. The molecular formula is C8H9N5. The second kappa shape index (κ2) is 3.30. The normalized spacial score (nSPS) is 10.2. The van der Waals surface area contributed by atoms with Crippen molar-refractivity contribution in [2.45, 2.75) is 13.5 Å².